The number of benzene rings is 2. The average molecular weight is 356 g/mol. The fourth-order valence-electron chi connectivity index (χ4n) is 2.62. The van der Waals surface area contributed by atoms with Crippen LogP contribution in [0.15, 0.2) is 47.6 Å². The third-order valence-electron chi connectivity index (χ3n) is 3.84. The largest absolute Gasteiger partial charge is 0.483 e. The molecule has 3 rings (SSSR count). The molecular formula is C19H18ClN3O2. The number of carbonyl (C=O) groups excluding carboxylic acids is 1. The summed E-state index contributed by atoms with van der Waals surface area (Å²) in [7, 11) is 0. The molecule has 0 aliphatic heterocycles. The van der Waals surface area contributed by atoms with E-state index >= 15 is 0 Å². The van der Waals surface area contributed by atoms with Gasteiger partial charge in [0.15, 0.2) is 6.61 Å². The van der Waals surface area contributed by atoms with Gasteiger partial charge in [-0.25, -0.2) is 5.43 Å². The Balaban J connectivity index is 1.62. The van der Waals surface area contributed by atoms with Gasteiger partial charge >= 0.3 is 0 Å². The van der Waals surface area contributed by atoms with Crippen molar-refractivity contribution in [1.29, 1.82) is 0 Å². The highest BCUT2D eigenvalue weighted by Gasteiger charge is 2.08. The average Bonchev–Trinajstić information content (AvgIpc) is 2.90. The molecule has 3 aromatic rings. The molecule has 0 saturated heterocycles. The number of aromatic nitrogens is 1. The highest BCUT2D eigenvalue weighted by Crippen LogP contribution is 2.24. The lowest BCUT2D eigenvalue weighted by molar-refractivity contribution is -0.123. The van der Waals surface area contributed by atoms with Gasteiger partial charge in [0.2, 0.25) is 0 Å². The van der Waals surface area contributed by atoms with Crippen molar-refractivity contribution in [3.05, 3.63) is 64.3 Å². The van der Waals surface area contributed by atoms with E-state index in [0.29, 0.717) is 5.15 Å². The first-order valence-electron chi connectivity index (χ1n) is 7.83. The van der Waals surface area contributed by atoms with Gasteiger partial charge in [0.1, 0.15) is 10.9 Å². The summed E-state index contributed by atoms with van der Waals surface area (Å²) in [4.78, 5) is 15.0. The molecule has 6 heteroatoms. The summed E-state index contributed by atoms with van der Waals surface area (Å²) in [6.45, 7) is 3.78. The van der Waals surface area contributed by atoms with E-state index in [4.69, 9.17) is 16.3 Å². The van der Waals surface area contributed by atoms with E-state index in [9.17, 15) is 4.79 Å². The molecule has 1 heterocycles. The van der Waals surface area contributed by atoms with Crippen molar-refractivity contribution in [3.8, 4) is 5.75 Å². The van der Waals surface area contributed by atoms with Crippen LogP contribution in [0.1, 0.15) is 16.7 Å². The van der Waals surface area contributed by atoms with Gasteiger partial charge in [-0.3, -0.25) is 4.79 Å². The highest BCUT2D eigenvalue weighted by atomic mass is 35.5. The van der Waals surface area contributed by atoms with Crippen molar-refractivity contribution in [1.82, 2.24) is 10.4 Å². The summed E-state index contributed by atoms with van der Waals surface area (Å²) >= 11 is 6.17. The number of hydrazone groups is 1. The predicted molar refractivity (Wildman–Crippen MR) is 100 cm³/mol. The number of fused-ring (bicyclic) bond motifs is 1. The molecule has 0 saturated carbocycles. The molecular weight excluding hydrogens is 338 g/mol. The van der Waals surface area contributed by atoms with Crippen LogP contribution in [-0.4, -0.2) is 23.7 Å². The first kappa shape index (κ1) is 17.0. The van der Waals surface area contributed by atoms with E-state index in [1.807, 2.05) is 56.3 Å². The second-order valence-electron chi connectivity index (χ2n) is 5.70. The van der Waals surface area contributed by atoms with E-state index in [2.05, 4.69) is 15.5 Å². The van der Waals surface area contributed by atoms with Crippen LogP contribution in [0, 0.1) is 13.8 Å². The first-order chi connectivity index (χ1) is 12.1. The molecule has 5 nitrogen and oxygen atoms in total. The van der Waals surface area contributed by atoms with Crippen LogP contribution < -0.4 is 10.2 Å². The number of amides is 1. The standard InChI is InChI=1S/C19H18ClN3O2/c1-12-6-5-7-13(2)18(12)25-11-17(24)23-21-10-15-14-8-3-4-9-16(14)22-19(15)20/h3-10,22H,11H2,1-2H3,(H,23,24)/b21-10-. The minimum atomic E-state index is -0.338. The number of halogens is 1. The third kappa shape index (κ3) is 3.83. The van der Waals surface area contributed by atoms with Crippen molar-refractivity contribution in [2.24, 2.45) is 5.10 Å². The first-order valence-corrected chi connectivity index (χ1v) is 8.21. The number of rotatable bonds is 5. The molecule has 0 spiro atoms. The lowest BCUT2D eigenvalue weighted by atomic mass is 10.1. The lowest BCUT2D eigenvalue weighted by Gasteiger charge is -2.10. The van der Waals surface area contributed by atoms with Gasteiger partial charge in [-0.15, -0.1) is 0 Å². The molecule has 2 N–H and O–H groups in total. The Morgan fingerprint density at radius 2 is 1.92 bits per heavy atom. The van der Waals surface area contributed by atoms with E-state index < -0.39 is 0 Å². The van der Waals surface area contributed by atoms with Crippen molar-refractivity contribution in [2.75, 3.05) is 6.61 Å². The number of aryl methyl sites for hydroxylation is 2. The minimum absolute atomic E-state index is 0.106. The molecule has 0 bridgehead atoms. The molecule has 0 fully saturated rings. The predicted octanol–water partition coefficient (Wildman–Crippen LogP) is 3.97. The molecule has 2 aromatic carbocycles. The van der Waals surface area contributed by atoms with Gasteiger partial charge in [-0.2, -0.15) is 5.10 Å². The quantitative estimate of drug-likeness (QED) is 0.537. The van der Waals surface area contributed by atoms with Crippen LogP contribution in [0.3, 0.4) is 0 Å². The van der Waals surface area contributed by atoms with Gasteiger partial charge in [0.25, 0.3) is 5.91 Å². The van der Waals surface area contributed by atoms with Gasteiger partial charge in [0, 0.05) is 16.5 Å². The van der Waals surface area contributed by atoms with Crippen molar-refractivity contribution in [2.45, 2.75) is 13.8 Å². The fourth-order valence-corrected chi connectivity index (χ4v) is 2.88. The van der Waals surface area contributed by atoms with E-state index in [1.165, 1.54) is 6.21 Å². The van der Waals surface area contributed by atoms with Crippen LogP contribution in [0.2, 0.25) is 5.15 Å². The molecule has 128 valence electrons. The van der Waals surface area contributed by atoms with Crippen molar-refractivity contribution >= 4 is 34.6 Å². The second kappa shape index (κ2) is 7.40. The monoisotopic (exact) mass is 355 g/mol. The minimum Gasteiger partial charge on any atom is -0.483 e. The summed E-state index contributed by atoms with van der Waals surface area (Å²) in [5, 5.41) is 5.39. The lowest BCUT2D eigenvalue weighted by Crippen LogP contribution is -2.25. The molecule has 0 aliphatic carbocycles. The van der Waals surface area contributed by atoms with Crippen LogP contribution in [0.4, 0.5) is 0 Å². The van der Waals surface area contributed by atoms with E-state index in [1.54, 1.807) is 0 Å². The van der Waals surface area contributed by atoms with Crippen molar-refractivity contribution < 1.29 is 9.53 Å². The van der Waals surface area contributed by atoms with Crippen LogP contribution >= 0.6 is 11.6 Å². The SMILES string of the molecule is Cc1cccc(C)c1OCC(=O)N/N=C\c1c(Cl)[nH]c2ccccc12. The maximum atomic E-state index is 11.9. The topological polar surface area (TPSA) is 66.5 Å². The number of ether oxygens (including phenoxy) is 1. The second-order valence-corrected chi connectivity index (χ2v) is 6.08. The van der Waals surface area contributed by atoms with Crippen LogP contribution in [0.5, 0.6) is 5.75 Å². The van der Waals surface area contributed by atoms with Crippen LogP contribution in [-0.2, 0) is 4.79 Å². The number of hydrogen-bond acceptors (Lipinski definition) is 3. The van der Waals surface area contributed by atoms with E-state index in [-0.39, 0.29) is 12.5 Å². The van der Waals surface area contributed by atoms with Gasteiger partial charge in [-0.1, -0.05) is 48.0 Å². The van der Waals surface area contributed by atoms with Gasteiger partial charge in [0.05, 0.1) is 6.21 Å². The Kier molecular flexibility index (Phi) is 5.05. The maximum Gasteiger partial charge on any atom is 0.277 e. The number of nitrogens with zero attached hydrogens (tertiary/aromatic N) is 1. The summed E-state index contributed by atoms with van der Waals surface area (Å²) in [5.41, 5.74) is 6.08. The molecule has 1 amide bonds. The summed E-state index contributed by atoms with van der Waals surface area (Å²) in [6.07, 6.45) is 1.53. The van der Waals surface area contributed by atoms with Crippen molar-refractivity contribution in [3.63, 3.8) is 0 Å². The Morgan fingerprint density at radius 1 is 1.20 bits per heavy atom. The normalized spacial score (nSPS) is 11.2. The zero-order valence-corrected chi connectivity index (χ0v) is 14.7. The Hall–Kier alpha value is -2.79. The zero-order valence-electron chi connectivity index (χ0n) is 14.0. The number of aromatic amines is 1. The molecule has 1 aromatic heterocycles. The van der Waals surface area contributed by atoms with Gasteiger partial charge in [-0.05, 0) is 31.0 Å². The number of H-pyrrole nitrogens is 1. The number of nitrogens with one attached hydrogen (secondary N) is 2. The Labute approximate surface area is 150 Å². The molecule has 0 aliphatic rings. The van der Waals surface area contributed by atoms with Gasteiger partial charge < -0.3 is 9.72 Å². The Bertz CT molecular complexity index is 927. The zero-order chi connectivity index (χ0) is 17.8. The summed E-state index contributed by atoms with van der Waals surface area (Å²) < 4.78 is 5.59. The smallest absolute Gasteiger partial charge is 0.277 e. The maximum absolute atomic E-state index is 11.9. The molecule has 0 atom stereocenters. The fraction of sp³-hybridized carbons (Fsp3) is 0.158. The molecule has 0 radical (unpaired) electrons. The summed E-state index contributed by atoms with van der Waals surface area (Å²) in [5.74, 6) is 0.385. The number of carbonyl (C=O) groups is 1. The number of hydrogen-bond donors (Lipinski definition) is 2. The Morgan fingerprint density at radius 3 is 2.68 bits per heavy atom. The number of para-hydroxylation sites is 2. The van der Waals surface area contributed by atoms with Crippen LogP contribution in [0.25, 0.3) is 10.9 Å². The molecule has 0 unspecified atom stereocenters. The highest BCUT2D eigenvalue weighted by molar-refractivity contribution is 6.34. The summed E-state index contributed by atoms with van der Waals surface area (Å²) in [6, 6.07) is 13.5. The van der Waals surface area contributed by atoms with E-state index in [0.717, 1.165) is 33.3 Å². The third-order valence-corrected chi connectivity index (χ3v) is 4.14. The molecule has 25 heavy (non-hydrogen) atoms.